The van der Waals surface area contributed by atoms with Crippen LogP contribution in [0.15, 0.2) is 42.5 Å². The molecular formula is C24H22N2O. The second kappa shape index (κ2) is 4.89. The molecule has 134 valence electrons. The molecule has 0 unspecified atom stereocenters. The number of rotatable bonds is 0. The van der Waals surface area contributed by atoms with E-state index in [1.807, 2.05) is 24.3 Å². The van der Waals surface area contributed by atoms with Crippen LogP contribution in [0.25, 0.3) is 28.1 Å². The van der Waals surface area contributed by atoms with Gasteiger partial charge in [-0.3, -0.25) is 0 Å². The lowest BCUT2D eigenvalue weighted by molar-refractivity contribution is -0.128. The summed E-state index contributed by atoms with van der Waals surface area (Å²) in [5.74, 6) is 4.28. The molecular weight excluding hydrogens is 332 g/mol. The minimum absolute atomic E-state index is 0.0711. The summed E-state index contributed by atoms with van der Waals surface area (Å²) in [5, 5.41) is 0. The largest absolute Gasteiger partial charge is 0.482 e. The van der Waals surface area contributed by atoms with Crippen molar-refractivity contribution in [1.82, 2.24) is 9.97 Å². The monoisotopic (exact) mass is 354 g/mol. The van der Waals surface area contributed by atoms with Gasteiger partial charge in [-0.1, -0.05) is 18.2 Å². The number of hydrogen-bond acceptors (Lipinski definition) is 3. The van der Waals surface area contributed by atoms with Crippen molar-refractivity contribution in [2.24, 2.45) is 23.7 Å². The lowest BCUT2D eigenvalue weighted by Gasteiger charge is -2.60. The highest BCUT2D eigenvalue weighted by Gasteiger charge is 2.58. The first-order valence-corrected chi connectivity index (χ1v) is 10.4. The van der Waals surface area contributed by atoms with Crippen LogP contribution in [-0.4, -0.2) is 15.6 Å². The summed E-state index contributed by atoms with van der Waals surface area (Å²) < 4.78 is 6.86. The molecule has 2 aromatic carbocycles. The molecule has 2 heterocycles. The highest BCUT2D eigenvalue weighted by atomic mass is 16.5. The van der Waals surface area contributed by atoms with Crippen molar-refractivity contribution >= 4 is 28.1 Å². The maximum atomic E-state index is 6.86. The van der Waals surface area contributed by atoms with Crippen LogP contribution < -0.4 is 4.74 Å². The van der Waals surface area contributed by atoms with Gasteiger partial charge in [0.05, 0.1) is 22.1 Å². The fraction of sp³-hybridized carbons (Fsp3) is 0.417. The Morgan fingerprint density at radius 1 is 0.778 bits per heavy atom. The third-order valence-corrected chi connectivity index (χ3v) is 7.69. The standard InChI is InChI=1S/C24H22N2O/c1-2-4-20-19(3-1)25-21-12-16-5-6-24(27-23(16)13-22(21)26-20)17-8-14-7-15(10-17)11-18(24)9-14/h1-6,12-15,17-18H,7-11H2. The normalized spacial score (nSPS) is 35.7. The number of benzene rings is 2. The predicted molar refractivity (Wildman–Crippen MR) is 106 cm³/mol. The van der Waals surface area contributed by atoms with E-state index in [0.29, 0.717) is 11.8 Å². The fourth-order valence-electron chi connectivity index (χ4n) is 6.69. The van der Waals surface area contributed by atoms with Crippen molar-refractivity contribution in [3.63, 3.8) is 0 Å². The van der Waals surface area contributed by atoms with E-state index in [0.717, 1.165) is 45.2 Å². The third kappa shape index (κ3) is 1.92. The number of hydrogen-bond donors (Lipinski definition) is 0. The number of para-hydroxylation sites is 2. The zero-order valence-electron chi connectivity index (χ0n) is 15.3. The molecule has 3 nitrogen and oxygen atoms in total. The lowest BCUT2D eigenvalue weighted by atomic mass is 9.49. The van der Waals surface area contributed by atoms with Crippen molar-refractivity contribution in [2.45, 2.75) is 37.7 Å². The van der Waals surface area contributed by atoms with Gasteiger partial charge >= 0.3 is 0 Å². The zero-order valence-corrected chi connectivity index (χ0v) is 15.3. The van der Waals surface area contributed by atoms with Gasteiger partial charge in [-0.15, -0.1) is 0 Å². The number of fused-ring (bicyclic) bond motifs is 3. The third-order valence-electron chi connectivity index (χ3n) is 7.69. The minimum Gasteiger partial charge on any atom is -0.482 e. The molecule has 27 heavy (non-hydrogen) atoms. The first-order chi connectivity index (χ1) is 13.3. The molecule has 3 heteroatoms. The van der Waals surface area contributed by atoms with E-state index < -0.39 is 0 Å². The van der Waals surface area contributed by atoms with Crippen LogP contribution >= 0.6 is 0 Å². The van der Waals surface area contributed by atoms with Crippen molar-refractivity contribution in [3.05, 3.63) is 48.0 Å². The van der Waals surface area contributed by atoms with Crippen molar-refractivity contribution in [1.29, 1.82) is 0 Å². The molecule has 4 saturated carbocycles. The zero-order chi connectivity index (χ0) is 17.6. The summed E-state index contributed by atoms with van der Waals surface area (Å²) >= 11 is 0. The van der Waals surface area contributed by atoms with Crippen LogP contribution in [0.4, 0.5) is 0 Å². The van der Waals surface area contributed by atoms with Gasteiger partial charge in [0.25, 0.3) is 0 Å². The van der Waals surface area contributed by atoms with E-state index in [9.17, 15) is 0 Å². The number of aromatic nitrogens is 2. The SMILES string of the molecule is C1=CC2(Oc3cc4nc5ccccc5nc4cc31)C1CC3CC(C1)CC2C3. The first-order valence-electron chi connectivity index (χ1n) is 10.4. The van der Waals surface area contributed by atoms with Gasteiger partial charge in [0.1, 0.15) is 11.4 Å². The van der Waals surface area contributed by atoms with Crippen molar-refractivity contribution < 1.29 is 4.74 Å². The number of ether oxygens (including phenoxy) is 1. The van der Waals surface area contributed by atoms with E-state index in [4.69, 9.17) is 14.7 Å². The molecule has 0 N–H and O–H groups in total. The van der Waals surface area contributed by atoms with E-state index in [1.165, 1.54) is 32.1 Å². The Kier molecular flexibility index (Phi) is 2.65. The van der Waals surface area contributed by atoms with E-state index >= 15 is 0 Å². The van der Waals surface area contributed by atoms with Crippen LogP contribution in [0.2, 0.25) is 0 Å². The Labute approximate surface area is 158 Å². The smallest absolute Gasteiger partial charge is 0.133 e. The average molecular weight is 354 g/mol. The summed E-state index contributed by atoms with van der Waals surface area (Å²) in [5.41, 5.74) is 4.84. The Balaban J connectivity index is 1.37. The molecule has 5 aliphatic rings. The van der Waals surface area contributed by atoms with Gasteiger partial charge in [0.2, 0.25) is 0 Å². The lowest BCUT2D eigenvalue weighted by Crippen LogP contribution is -2.60. The molecule has 1 aromatic heterocycles. The molecule has 8 rings (SSSR count). The molecule has 4 aliphatic carbocycles. The summed E-state index contributed by atoms with van der Waals surface area (Å²) in [6.07, 6.45) is 11.6. The highest BCUT2D eigenvalue weighted by molar-refractivity contribution is 5.89. The highest BCUT2D eigenvalue weighted by Crippen LogP contribution is 2.61. The molecule has 4 bridgehead atoms. The second-order valence-corrected chi connectivity index (χ2v) is 9.18. The van der Waals surface area contributed by atoms with Gasteiger partial charge in [-0.05, 0) is 68.2 Å². The summed E-state index contributed by atoms with van der Waals surface area (Å²) in [4.78, 5) is 9.65. The molecule has 3 aromatic rings. The van der Waals surface area contributed by atoms with Gasteiger partial charge < -0.3 is 4.74 Å². The van der Waals surface area contributed by atoms with Crippen LogP contribution in [0.5, 0.6) is 5.75 Å². The molecule has 4 fully saturated rings. The van der Waals surface area contributed by atoms with E-state index in [1.54, 1.807) is 0 Å². The number of nitrogens with zero attached hydrogens (tertiary/aromatic N) is 2. The topological polar surface area (TPSA) is 35.0 Å². The predicted octanol–water partition coefficient (Wildman–Crippen LogP) is 5.38. The summed E-state index contributed by atoms with van der Waals surface area (Å²) in [7, 11) is 0. The van der Waals surface area contributed by atoms with Gasteiger partial charge in [-0.25, -0.2) is 9.97 Å². The Bertz CT molecular complexity index is 1100. The first kappa shape index (κ1) is 14.6. The minimum atomic E-state index is -0.0711. The van der Waals surface area contributed by atoms with Gasteiger partial charge in [0.15, 0.2) is 0 Å². The van der Waals surface area contributed by atoms with Gasteiger partial charge in [0, 0.05) is 23.5 Å². The van der Waals surface area contributed by atoms with Crippen molar-refractivity contribution in [3.8, 4) is 5.75 Å². The maximum Gasteiger partial charge on any atom is 0.133 e. The molecule has 0 amide bonds. The maximum absolute atomic E-state index is 6.86. The second-order valence-electron chi connectivity index (χ2n) is 9.18. The Morgan fingerprint density at radius 2 is 1.41 bits per heavy atom. The summed E-state index contributed by atoms with van der Waals surface area (Å²) in [6.45, 7) is 0. The molecule has 1 spiro atoms. The summed E-state index contributed by atoms with van der Waals surface area (Å²) in [6, 6.07) is 12.4. The van der Waals surface area contributed by atoms with E-state index in [-0.39, 0.29) is 5.60 Å². The fourth-order valence-corrected chi connectivity index (χ4v) is 6.69. The molecule has 0 radical (unpaired) electrons. The average Bonchev–Trinajstić information content (AvgIpc) is 2.68. The Morgan fingerprint density at radius 3 is 2.07 bits per heavy atom. The van der Waals surface area contributed by atoms with E-state index in [2.05, 4.69) is 24.3 Å². The van der Waals surface area contributed by atoms with Crippen LogP contribution in [-0.2, 0) is 0 Å². The molecule has 0 saturated heterocycles. The van der Waals surface area contributed by atoms with Crippen LogP contribution in [0, 0.1) is 23.7 Å². The Hall–Kier alpha value is -2.42. The molecule has 1 aliphatic heterocycles. The van der Waals surface area contributed by atoms with Gasteiger partial charge in [-0.2, -0.15) is 0 Å². The van der Waals surface area contributed by atoms with Crippen LogP contribution in [0.1, 0.15) is 37.7 Å². The van der Waals surface area contributed by atoms with Crippen molar-refractivity contribution in [2.75, 3.05) is 0 Å². The van der Waals surface area contributed by atoms with Crippen LogP contribution in [0.3, 0.4) is 0 Å². The molecule has 0 atom stereocenters. The quantitative estimate of drug-likeness (QED) is 0.508.